The topological polar surface area (TPSA) is 35.5 Å². The molecule has 3 nitrogen and oxygen atoms in total. The zero-order chi connectivity index (χ0) is 17.9. The molecule has 0 fully saturated rings. The van der Waals surface area contributed by atoms with E-state index in [4.69, 9.17) is 4.74 Å². The molecule has 0 saturated carbocycles. The van der Waals surface area contributed by atoms with Gasteiger partial charge in [-0.05, 0) is 19.1 Å². The van der Waals surface area contributed by atoms with Gasteiger partial charge < -0.3 is 9.47 Å². The fourth-order valence-corrected chi connectivity index (χ4v) is 1.98. The normalized spacial score (nSPS) is 10.9. The van der Waals surface area contributed by atoms with Crippen LogP contribution in [0.2, 0.25) is 0 Å². The Balaban J connectivity index is 2.59. The first-order valence-corrected chi connectivity index (χ1v) is 6.76. The van der Waals surface area contributed by atoms with E-state index in [1.165, 1.54) is 37.3 Å². The second-order valence-corrected chi connectivity index (χ2v) is 4.59. The van der Waals surface area contributed by atoms with Crippen molar-refractivity contribution in [3.8, 4) is 11.5 Å². The van der Waals surface area contributed by atoms with E-state index in [1.54, 1.807) is 0 Å². The van der Waals surface area contributed by atoms with Gasteiger partial charge >= 0.3 is 5.97 Å². The summed E-state index contributed by atoms with van der Waals surface area (Å²) in [6.45, 7) is 1.44. The molecule has 0 heterocycles. The molecule has 126 valence electrons. The maximum atomic E-state index is 14.1. The number of esters is 1. The summed E-state index contributed by atoms with van der Waals surface area (Å²) in [5.41, 5.74) is -1.02. The number of methoxy groups -OCH3 is 1. The monoisotopic (exact) mass is 340 g/mol. The number of hydrogen-bond donors (Lipinski definition) is 0. The Morgan fingerprint density at radius 1 is 1.00 bits per heavy atom. The maximum Gasteiger partial charge on any atom is 0.341 e. The van der Waals surface area contributed by atoms with E-state index in [0.717, 1.165) is 13.2 Å². The molecular weight excluding hydrogens is 328 g/mol. The van der Waals surface area contributed by atoms with Crippen LogP contribution in [0.5, 0.6) is 11.5 Å². The highest BCUT2D eigenvalue weighted by Gasteiger charge is 2.27. The minimum Gasteiger partial charge on any atom is -0.465 e. The fraction of sp³-hybridized carbons (Fsp3) is 0.118. The summed E-state index contributed by atoms with van der Waals surface area (Å²) in [4.78, 5) is 11.6. The number of para-hydroxylation sites is 1. The van der Waals surface area contributed by atoms with Gasteiger partial charge in [-0.2, -0.15) is 8.78 Å². The quantitative estimate of drug-likeness (QED) is 0.453. The van der Waals surface area contributed by atoms with Gasteiger partial charge in [-0.1, -0.05) is 24.3 Å². The Labute approximate surface area is 135 Å². The minimum atomic E-state index is -1.71. The van der Waals surface area contributed by atoms with Gasteiger partial charge in [0, 0.05) is 0 Å². The lowest BCUT2D eigenvalue weighted by atomic mass is 10.1. The first kappa shape index (κ1) is 17.5. The van der Waals surface area contributed by atoms with E-state index in [-0.39, 0.29) is 11.3 Å². The fourth-order valence-electron chi connectivity index (χ4n) is 1.98. The largest absolute Gasteiger partial charge is 0.465 e. The zero-order valence-electron chi connectivity index (χ0n) is 12.7. The van der Waals surface area contributed by atoms with Gasteiger partial charge in [-0.25, -0.2) is 13.6 Å². The van der Waals surface area contributed by atoms with E-state index >= 15 is 0 Å². The Hall–Kier alpha value is -2.83. The molecule has 0 radical (unpaired) electrons. The molecule has 0 unspecified atom stereocenters. The Morgan fingerprint density at radius 2 is 1.58 bits per heavy atom. The smallest absolute Gasteiger partial charge is 0.341 e. The minimum absolute atomic E-state index is 0.155. The van der Waals surface area contributed by atoms with E-state index < -0.39 is 40.6 Å². The van der Waals surface area contributed by atoms with Crippen LogP contribution in [0.3, 0.4) is 0 Å². The van der Waals surface area contributed by atoms with Gasteiger partial charge in [0.05, 0.1) is 12.7 Å². The molecule has 0 aromatic heterocycles. The SMILES string of the molecule is CC=Cc1c(F)c(F)c(Oc2ccccc2C(=O)OC)c(F)c1F. The highest BCUT2D eigenvalue weighted by Crippen LogP contribution is 2.35. The van der Waals surface area contributed by atoms with Crippen LogP contribution in [0, 0.1) is 23.3 Å². The molecule has 0 spiro atoms. The first-order chi connectivity index (χ1) is 11.4. The summed E-state index contributed by atoms with van der Waals surface area (Å²) in [5, 5.41) is 0. The Kier molecular flexibility index (Phi) is 5.23. The average Bonchev–Trinajstić information content (AvgIpc) is 2.60. The molecule has 2 aromatic carbocycles. The van der Waals surface area contributed by atoms with Crippen molar-refractivity contribution in [2.75, 3.05) is 7.11 Å². The summed E-state index contributed by atoms with van der Waals surface area (Å²) in [5.74, 6) is -9.04. The third-order valence-electron chi connectivity index (χ3n) is 3.09. The predicted octanol–water partition coefficient (Wildman–Crippen LogP) is 4.86. The van der Waals surface area contributed by atoms with Crippen molar-refractivity contribution in [1.29, 1.82) is 0 Å². The number of halogens is 4. The van der Waals surface area contributed by atoms with E-state index in [2.05, 4.69) is 4.74 Å². The third-order valence-corrected chi connectivity index (χ3v) is 3.09. The summed E-state index contributed by atoms with van der Waals surface area (Å²) in [6, 6.07) is 5.36. The number of carbonyl (C=O) groups is 1. The number of ether oxygens (including phenoxy) is 2. The molecule has 0 bridgehead atoms. The van der Waals surface area contributed by atoms with E-state index in [0.29, 0.717) is 0 Å². The average molecular weight is 340 g/mol. The molecule has 0 aliphatic heterocycles. The van der Waals surface area contributed by atoms with Crippen LogP contribution in [0.25, 0.3) is 6.08 Å². The second-order valence-electron chi connectivity index (χ2n) is 4.59. The number of rotatable bonds is 4. The van der Waals surface area contributed by atoms with Crippen LogP contribution in [0.1, 0.15) is 22.8 Å². The van der Waals surface area contributed by atoms with E-state index in [9.17, 15) is 22.4 Å². The van der Waals surface area contributed by atoms with Gasteiger partial charge in [0.1, 0.15) is 11.3 Å². The van der Waals surface area contributed by atoms with Crippen molar-refractivity contribution in [2.24, 2.45) is 0 Å². The van der Waals surface area contributed by atoms with Crippen LogP contribution < -0.4 is 4.74 Å². The zero-order valence-corrected chi connectivity index (χ0v) is 12.7. The molecule has 0 N–H and O–H groups in total. The molecule has 0 aliphatic rings. The Morgan fingerprint density at radius 3 is 2.12 bits per heavy atom. The lowest BCUT2D eigenvalue weighted by molar-refractivity contribution is 0.0597. The molecule has 0 amide bonds. The third kappa shape index (κ3) is 3.10. The summed E-state index contributed by atoms with van der Waals surface area (Å²) >= 11 is 0. The van der Waals surface area contributed by atoms with Crippen molar-refractivity contribution in [2.45, 2.75) is 6.92 Å². The molecule has 24 heavy (non-hydrogen) atoms. The van der Waals surface area contributed by atoms with Gasteiger partial charge in [0.2, 0.25) is 17.4 Å². The molecule has 2 aromatic rings. The van der Waals surface area contributed by atoms with Crippen LogP contribution in [0.15, 0.2) is 30.3 Å². The van der Waals surface area contributed by atoms with Crippen molar-refractivity contribution in [1.82, 2.24) is 0 Å². The number of allylic oxidation sites excluding steroid dienone is 1. The number of hydrogen-bond acceptors (Lipinski definition) is 3. The molecule has 2 rings (SSSR count). The van der Waals surface area contributed by atoms with Crippen LogP contribution in [0.4, 0.5) is 17.6 Å². The van der Waals surface area contributed by atoms with Gasteiger partial charge in [-0.15, -0.1) is 0 Å². The number of benzene rings is 2. The lowest BCUT2D eigenvalue weighted by Gasteiger charge is -2.13. The van der Waals surface area contributed by atoms with Gasteiger partial charge in [0.25, 0.3) is 0 Å². The molecule has 7 heteroatoms. The molecule has 0 aliphatic carbocycles. The van der Waals surface area contributed by atoms with Crippen molar-refractivity contribution in [3.63, 3.8) is 0 Å². The van der Waals surface area contributed by atoms with Crippen molar-refractivity contribution >= 4 is 12.0 Å². The number of carbonyl (C=O) groups excluding carboxylic acids is 1. The van der Waals surface area contributed by atoms with Crippen LogP contribution in [-0.2, 0) is 4.74 Å². The van der Waals surface area contributed by atoms with E-state index in [1.807, 2.05) is 0 Å². The van der Waals surface area contributed by atoms with Crippen LogP contribution >= 0.6 is 0 Å². The van der Waals surface area contributed by atoms with Crippen molar-refractivity contribution < 1.29 is 31.8 Å². The highest BCUT2D eigenvalue weighted by molar-refractivity contribution is 5.92. The summed E-state index contributed by atoms with van der Waals surface area (Å²) < 4.78 is 65.4. The highest BCUT2D eigenvalue weighted by atomic mass is 19.2. The van der Waals surface area contributed by atoms with Gasteiger partial charge in [0.15, 0.2) is 11.6 Å². The molecule has 0 atom stereocenters. The van der Waals surface area contributed by atoms with Crippen LogP contribution in [-0.4, -0.2) is 13.1 Å². The van der Waals surface area contributed by atoms with Crippen molar-refractivity contribution in [3.05, 3.63) is 64.7 Å². The summed E-state index contributed by atoms with van der Waals surface area (Å²) in [7, 11) is 1.10. The summed E-state index contributed by atoms with van der Waals surface area (Å²) in [6.07, 6.45) is 2.12. The van der Waals surface area contributed by atoms with Gasteiger partial charge in [-0.3, -0.25) is 0 Å². The lowest BCUT2D eigenvalue weighted by Crippen LogP contribution is -2.07. The predicted molar refractivity (Wildman–Crippen MR) is 78.8 cm³/mol. The Bertz CT molecular complexity index is 787. The first-order valence-electron chi connectivity index (χ1n) is 6.76. The molecule has 0 saturated heterocycles. The second kappa shape index (κ2) is 7.16. The standard InChI is InChI=1S/C17H12F4O3/c1-3-6-10-12(18)14(20)16(15(21)13(10)19)24-11-8-5-4-7-9(11)17(22)23-2/h3-8H,1-2H3. The molecular formula is C17H12F4O3. The maximum absolute atomic E-state index is 14.1.